The predicted molar refractivity (Wildman–Crippen MR) is 73.0 cm³/mol. The minimum absolute atomic E-state index is 0.428. The molecular weight excluding hydrogens is 256 g/mol. The van der Waals surface area contributed by atoms with Gasteiger partial charge in [0, 0.05) is 12.7 Å². The summed E-state index contributed by atoms with van der Waals surface area (Å²) in [4.78, 5) is 5.90. The van der Waals surface area contributed by atoms with Gasteiger partial charge in [-0.05, 0) is 19.1 Å². The van der Waals surface area contributed by atoms with Crippen LogP contribution in [-0.4, -0.2) is 26.8 Å². The van der Waals surface area contributed by atoms with Gasteiger partial charge < -0.3 is 4.90 Å². The van der Waals surface area contributed by atoms with Crippen molar-refractivity contribution in [3.8, 4) is 5.69 Å². The number of pyridine rings is 1. The Bertz CT molecular complexity index is 511. The van der Waals surface area contributed by atoms with Gasteiger partial charge in [0.15, 0.2) is 5.15 Å². The van der Waals surface area contributed by atoms with Crippen LogP contribution in [0.1, 0.15) is 6.92 Å². The molecule has 0 aliphatic carbocycles. The molecule has 0 fully saturated rings. The Labute approximate surface area is 110 Å². The fourth-order valence-corrected chi connectivity index (χ4v) is 1.96. The number of thiocarbonyl (C=S) groups is 1. The highest BCUT2D eigenvalue weighted by molar-refractivity contribution is 7.79. The van der Waals surface area contributed by atoms with Crippen molar-refractivity contribution >= 4 is 35.0 Å². The van der Waals surface area contributed by atoms with Gasteiger partial charge >= 0.3 is 0 Å². The smallest absolute Gasteiger partial charge is 0.175 e. The Kier molecular flexibility index (Phi) is 3.71. The van der Waals surface area contributed by atoms with E-state index in [0.29, 0.717) is 5.15 Å². The van der Waals surface area contributed by atoms with Crippen LogP contribution in [0.25, 0.3) is 5.69 Å². The fraction of sp³-hybridized carbons (Fsp3) is 0.182. The normalized spacial score (nSPS) is 10.2. The SMILES string of the molecule is CCN(C=S)c1cn(-c2cccnc2)nc1Cl. The van der Waals surface area contributed by atoms with Gasteiger partial charge in [0.2, 0.25) is 0 Å². The van der Waals surface area contributed by atoms with Gasteiger partial charge in [-0.1, -0.05) is 23.8 Å². The Balaban J connectivity index is 2.40. The van der Waals surface area contributed by atoms with Crippen LogP contribution in [0, 0.1) is 0 Å². The maximum atomic E-state index is 6.09. The minimum atomic E-state index is 0.428. The molecule has 0 radical (unpaired) electrons. The highest BCUT2D eigenvalue weighted by atomic mass is 35.5. The van der Waals surface area contributed by atoms with Crippen molar-refractivity contribution in [1.82, 2.24) is 14.8 Å². The molecule has 0 aliphatic rings. The Morgan fingerprint density at radius 1 is 1.59 bits per heavy atom. The summed E-state index contributed by atoms with van der Waals surface area (Å²) in [6.07, 6.45) is 5.28. The monoisotopic (exact) mass is 266 g/mol. The van der Waals surface area contributed by atoms with Crippen LogP contribution in [0.15, 0.2) is 30.7 Å². The molecule has 0 aliphatic heterocycles. The van der Waals surface area contributed by atoms with Crippen molar-refractivity contribution in [2.24, 2.45) is 0 Å². The maximum Gasteiger partial charge on any atom is 0.175 e. The van der Waals surface area contributed by atoms with Gasteiger partial charge in [-0.15, -0.1) is 0 Å². The first-order valence-corrected chi connectivity index (χ1v) is 5.98. The van der Waals surface area contributed by atoms with E-state index in [2.05, 4.69) is 10.1 Å². The van der Waals surface area contributed by atoms with Crippen LogP contribution in [-0.2, 0) is 0 Å². The average molecular weight is 267 g/mol. The molecular formula is C11H11ClN4S. The molecule has 0 atom stereocenters. The lowest BCUT2D eigenvalue weighted by Gasteiger charge is -2.13. The molecule has 0 spiro atoms. The number of aromatic nitrogens is 3. The van der Waals surface area contributed by atoms with Gasteiger partial charge in [0.1, 0.15) is 0 Å². The third-order valence-corrected chi connectivity index (χ3v) is 2.86. The van der Waals surface area contributed by atoms with Crippen LogP contribution < -0.4 is 4.90 Å². The van der Waals surface area contributed by atoms with Gasteiger partial charge in [-0.3, -0.25) is 4.98 Å². The standard InChI is InChI=1S/C11H11ClN4S/c1-2-15(8-17)10-7-16(14-11(10)12)9-4-3-5-13-6-9/h3-8H,2H2,1H3. The first-order chi connectivity index (χ1) is 8.26. The van der Waals surface area contributed by atoms with Gasteiger partial charge in [0.25, 0.3) is 0 Å². The third kappa shape index (κ3) is 2.45. The summed E-state index contributed by atoms with van der Waals surface area (Å²) in [6, 6.07) is 3.76. The van der Waals surface area contributed by atoms with Crippen LogP contribution in [0.4, 0.5) is 5.69 Å². The molecule has 0 saturated heterocycles. The average Bonchev–Trinajstić information content (AvgIpc) is 2.75. The summed E-state index contributed by atoms with van der Waals surface area (Å²) in [5.74, 6) is 0. The largest absolute Gasteiger partial charge is 0.335 e. The number of anilines is 1. The van der Waals surface area contributed by atoms with Crippen LogP contribution in [0.3, 0.4) is 0 Å². The molecule has 2 aromatic heterocycles. The molecule has 0 amide bonds. The van der Waals surface area contributed by atoms with Crippen molar-refractivity contribution < 1.29 is 0 Å². The van der Waals surface area contributed by atoms with E-state index in [1.165, 1.54) is 0 Å². The van der Waals surface area contributed by atoms with E-state index >= 15 is 0 Å². The Morgan fingerprint density at radius 3 is 3.00 bits per heavy atom. The van der Waals surface area contributed by atoms with E-state index in [-0.39, 0.29) is 0 Å². The lowest BCUT2D eigenvalue weighted by atomic mass is 10.4. The van der Waals surface area contributed by atoms with E-state index < -0.39 is 0 Å². The van der Waals surface area contributed by atoms with Crippen molar-refractivity contribution in [3.05, 3.63) is 35.9 Å². The molecule has 0 N–H and O–H groups in total. The highest BCUT2D eigenvalue weighted by Gasteiger charge is 2.12. The molecule has 2 aromatic rings. The molecule has 2 rings (SSSR count). The number of rotatable bonds is 4. The van der Waals surface area contributed by atoms with Crippen molar-refractivity contribution in [2.75, 3.05) is 11.4 Å². The van der Waals surface area contributed by atoms with E-state index in [4.69, 9.17) is 23.8 Å². The minimum Gasteiger partial charge on any atom is -0.335 e. The quantitative estimate of drug-likeness (QED) is 0.797. The van der Waals surface area contributed by atoms with Crippen molar-refractivity contribution in [2.45, 2.75) is 6.92 Å². The van der Waals surface area contributed by atoms with Crippen molar-refractivity contribution in [3.63, 3.8) is 0 Å². The molecule has 6 heteroatoms. The molecule has 0 saturated carbocycles. The number of hydrogen-bond acceptors (Lipinski definition) is 3. The van der Waals surface area contributed by atoms with E-state index in [0.717, 1.165) is 17.9 Å². The zero-order valence-electron chi connectivity index (χ0n) is 9.25. The summed E-state index contributed by atoms with van der Waals surface area (Å²) < 4.78 is 1.69. The summed E-state index contributed by atoms with van der Waals surface area (Å²) in [6.45, 7) is 2.75. The topological polar surface area (TPSA) is 34.0 Å². The molecule has 4 nitrogen and oxygen atoms in total. The second-order valence-electron chi connectivity index (χ2n) is 3.35. The highest BCUT2D eigenvalue weighted by Crippen LogP contribution is 2.24. The van der Waals surface area contributed by atoms with Gasteiger partial charge in [-0.2, -0.15) is 5.10 Å². The number of hydrogen-bond donors (Lipinski definition) is 0. The molecule has 2 heterocycles. The molecule has 17 heavy (non-hydrogen) atoms. The van der Waals surface area contributed by atoms with E-state index in [1.54, 1.807) is 22.6 Å². The second-order valence-corrected chi connectivity index (χ2v) is 3.92. The summed E-state index contributed by atoms with van der Waals surface area (Å²) in [7, 11) is 0. The zero-order chi connectivity index (χ0) is 12.3. The second kappa shape index (κ2) is 5.25. The fourth-order valence-electron chi connectivity index (χ4n) is 1.46. The van der Waals surface area contributed by atoms with Gasteiger partial charge in [0.05, 0.1) is 29.3 Å². The summed E-state index contributed by atoms with van der Waals surface area (Å²) in [5.41, 5.74) is 3.23. The van der Waals surface area contributed by atoms with Crippen LogP contribution >= 0.6 is 23.8 Å². The van der Waals surface area contributed by atoms with Gasteiger partial charge in [-0.25, -0.2) is 4.68 Å². The van der Waals surface area contributed by atoms with Crippen LogP contribution in [0.5, 0.6) is 0 Å². The van der Waals surface area contributed by atoms with E-state index in [1.807, 2.05) is 30.2 Å². The molecule has 0 aromatic carbocycles. The number of nitrogens with zero attached hydrogens (tertiary/aromatic N) is 4. The predicted octanol–water partition coefficient (Wildman–Crippen LogP) is 2.70. The lowest BCUT2D eigenvalue weighted by Crippen LogP contribution is -2.18. The van der Waals surface area contributed by atoms with Crippen molar-refractivity contribution in [1.29, 1.82) is 0 Å². The van der Waals surface area contributed by atoms with E-state index in [9.17, 15) is 0 Å². The van der Waals surface area contributed by atoms with Crippen LogP contribution in [0.2, 0.25) is 5.15 Å². The first kappa shape index (κ1) is 12.0. The molecule has 0 bridgehead atoms. The first-order valence-electron chi connectivity index (χ1n) is 5.13. The summed E-state index contributed by atoms with van der Waals surface area (Å²) >= 11 is 11.0. The number of halogens is 1. The lowest BCUT2D eigenvalue weighted by molar-refractivity contribution is 0.874. The zero-order valence-corrected chi connectivity index (χ0v) is 10.8. The third-order valence-electron chi connectivity index (χ3n) is 2.34. The Morgan fingerprint density at radius 2 is 2.41 bits per heavy atom. The summed E-state index contributed by atoms with van der Waals surface area (Å²) in [5, 5.41) is 4.66. The Hall–Kier alpha value is -1.46. The molecule has 0 unspecified atom stereocenters. The maximum absolute atomic E-state index is 6.09. The molecule has 88 valence electrons.